The third-order valence-corrected chi connectivity index (χ3v) is 5.19. The van der Waals surface area contributed by atoms with Crippen LogP contribution in [0.3, 0.4) is 0 Å². The van der Waals surface area contributed by atoms with Crippen LogP contribution in [0.1, 0.15) is 36.0 Å². The summed E-state index contributed by atoms with van der Waals surface area (Å²) in [6.07, 6.45) is 1.19. The van der Waals surface area contributed by atoms with Crippen LogP contribution >= 0.6 is 11.3 Å². The Hall–Kier alpha value is -1.90. The van der Waals surface area contributed by atoms with Crippen LogP contribution in [0.15, 0.2) is 77.5 Å². The molecule has 0 fully saturated rings. The molecule has 1 atom stereocenters. The van der Waals surface area contributed by atoms with Gasteiger partial charge in [-0.15, -0.1) is 0 Å². The lowest BCUT2D eigenvalue weighted by Crippen LogP contribution is -2.25. The molecule has 0 aliphatic carbocycles. The molecule has 0 saturated carbocycles. The molecule has 2 heteroatoms. The van der Waals surface area contributed by atoms with Gasteiger partial charge in [0.05, 0.1) is 0 Å². The van der Waals surface area contributed by atoms with Gasteiger partial charge in [0.1, 0.15) is 0 Å². The van der Waals surface area contributed by atoms with E-state index < -0.39 is 0 Å². The minimum absolute atomic E-state index is 0.616. The van der Waals surface area contributed by atoms with Crippen LogP contribution in [0.5, 0.6) is 0 Å². The second-order valence-corrected chi connectivity index (χ2v) is 7.21. The van der Waals surface area contributed by atoms with E-state index in [-0.39, 0.29) is 0 Å². The second-order valence-electron chi connectivity index (χ2n) is 6.43. The molecule has 0 aliphatic rings. The molecule has 0 N–H and O–H groups in total. The topological polar surface area (TPSA) is 3.24 Å². The van der Waals surface area contributed by atoms with Crippen LogP contribution in [-0.2, 0) is 13.1 Å². The number of thiophene rings is 1. The zero-order valence-corrected chi connectivity index (χ0v) is 15.1. The van der Waals surface area contributed by atoms with Gasteiger partial charge in [0.15, 0.2) is 0 Å². The molecule has 124 valence electrons. The van der Waals surface area contributed by atoms with Crippen molar-refractivity contribution in [2.45, 2.75) is 32.4 Å². The van der Waals surface area contributed by atoms with Gasteiger partial charge in [0, 0.05) is 13.1 Å². The molecule has 24 heavy (non-hydrogen) atoms. The molecule has 0 aliphatic heterocycles. The molecule has 0 saturated heterocycles. The SMILES string of the molecule is C[C@H](CCN(Cc1ccccc1)Cc1ccccc1)c1ccsc1. The smallest absolute Gasteiger partial charge is 0.0237 e. The first-order valence-corrected chi connectivity index (χ1v) is 9.58. The number of benzene rings is 2. The van der Waals surface area contributed by atoms with Crippen LogP contribution in [0.25, 0.3) is 0 Å². The molecule has 1 heterocycles. The zero-order valence-electron chi connectivity index (χ0n) is 14.3. The molecule has 0 bridgehead atoms. The maximum Gasteiger partial charge on any atom is 0.0237 e. The summed E-state index contributed by atoms with van der Waals surface area (Å²) in [5, 5.41) is 4.46. The lowest BCUT2D eigenvalue weighted by atomic mass is 10.0. The van der Waals surface area contributed by atoms with Gasteiger partial charge in [-0.1, -0.05) is 67.6 Å². The molecule has 3 rings (SSSR count). The quantitative estimate of drug-likeness (QED) is 0.492. The molecule has 0 unspecified atom stereocenters. The number of nitrogens with zero attached hydrogens (tertiary/aromatic N) is 1. The molecular weight excluding hydrogens is 310 g/mol. The van der Waals surface area contributed by atoms with Crippen molar-refractivity contribution >= 4 is 11.3 Å². The van der Waals surface area contributed by atoms with Crippen molar-refractivity contribution < 1.29 is 0 Å². The predicted octanol–water partition coefficient (Wildman–Crippen LogP) is 5.94. The van der Waals surface area contributed by atoms with E-state index in [9.17, 15) is 0 Å². The maximum atomic E-state index is 2.56. The Morgan fingerprint density at radius 2 is 1.42 bits per heavy atom. The van der Waals surface area contributed by atoms with Crippen LogP contribution in [0.4, 0.5) is 0 Å². The first-order valence-electron chi connectivity index (χ1n) is 8.63. The lowest BCUT2D eigenvalue weighted by molar-refractivity contribution is 0.248. The molecule has 1 aromatic heterocycles. The predicted molar refractivity (Wildman–Crippen MR) is 104 cm³/mol. The van der Waals surface area contributed by atoms with Gasteiger partial charge in [-0.25, -0.2) is 0 Å². The number of hydrogen-bond donors (Lipinski definition) is 0. The van der Waals surface area contributed by atoms with E-state index in [1.54, 1.807) is 11.3 Å². The largest absolute Gasteiger partial charge is 0.295 e. The third-order valence-electron chi connectivity index (χ3n) is 4.49. The van der Waals surface area contributed by atoms with E-state index in [0.29, 0.717) is 5.92 Å². The van der Waals surface area contributed by atoms with E-state index in [2.05, 4.69) is 89.3 Å². The summed E-state index contributed by atoms with van der Waals surface area (Å²) in [5.74, 6) is 0.616. The standard InChI is InChI=1S/C22H25NS/c1-19(22-13-15-24-18-22)12-14-23(16-20-8-4-2-5-9-20)17-21-10-6-3-7-11-21/h2-11,13,15,18-19H,12,14,16-17H2,1H3/t19-/m1/s1. The Balaban J connectivity index is 1.64. The summed E-state index contributed by atoms with van der Waals surface area (Å²) in [7, 11) is 0. The van der Waals surface area contributed by atoms with Crippen molar-refractivity contribution in [2.24, 2.45) is 0 Å². The minimum atomic E-state index is 0.616. The zero-order chi connectivity index (χ0) is 16.6. The molecule has 2 aromatic carbocycles. The average molecular weight is 336 g/mol. The van der Waals surface area contributed by atoms with Gasteiger partial charge in [0.2, 0.25) is 0 Å². The van der Waals surface area contributed by atoms with Gasteiger partial charge < -0.3 is 0 Å². The number of rotatable bonds is 8. The van der Waals surface area contributed by atoms with Crippen molar-refractivity contribution in [3.05, 3.63) is 94.2 Å². The maximum absolute atomic E-state index is 2.56. The van der Waals surface area contributed by atoms with Crippen LogP contribution in [0, 0.1) is 0 Å². The van der Waals surface area contributed by atoms with Crippen LogP contribution in [-0.4, -0.2) is 11.4 Å². The summed E-state index contributed by atoms with van der Waals surface area (Å²) >= 11 is 1.79. The summed E-state index contributed by atoms with van der Waals surface area (Å²) in [6.45, 7) is 5.46. The van der Waals surface area contributed by atoms with Crippen molar-refractivity contribution in [1.29, 1.82) is 0 Å². The Bertz CT molecular complexity index is 650. The van der Waals surface area contributed by atoms with E-state index in [1.807, 2.05) is 0 Å². The van der Waals surface area contributed by atoms with Crippen molar-refractivity contribution in [3.63, 3.8) is 0 Å². The van der Waals surface area contributed by atoms with Gasteiger partial charge >= 0.3 is 0 Å². The highest BCUT2D eigenvalue weighted by molar-refractivity contribution is 7.07. The summed E-state index contributed by atoms with van der Waals surface area (Å²) in [5.41, 5.74) is 4.24. The Morgan fingerprint density at radius 1 is 0.833 bits per heavy atom. The average Bonchev–Trinajstić information content (AvgIpc) is 3.16. The second kappa shape index (κ2) is 8.81. The molecule has 3 aromatic rings. The first kappa shape index (κ1) is 16.9. The molecular formula is C22H25NS. The van der Waals surface area contributed by atoms with Gasteiger partial charge in [0.25, 0.3) is 0 Å². The normalized spacial score (nSPS) is 12.4. The van der Waals surface area contributed by atoms with Crippen LogP contribution in [0.2, 0.25) is 0 Å². The Labute approximate surface area is 149 Å². The molecule has 1 nitrogen and oxygen atoms in total. The van der Waals surface area contributed by atoms with Gasteiger partial charge in [-0.3, -0.25) is 4.90 Å². The molecule has 0 amide bonds. The van der Waals surface area contributed by atoms with Crippen molar-refractivity contribution in [1.82, 2.24) is 4.90 Å². The van der Waals surface area contributed by atoms with Gasteiger partial charge in [-0.2, -0.15) is 11.3 Å². The summed E-state index contributed by atoms with van der Waals surface area (Å²) in [4.78, 5) is 2.56. The monoisotopic (exact) mass is 335 g/mol. The van der Waals surface area contributed by atoms with Gasteiger partial charge in [-0.05, 0) is 52.4 Å². The van der Waals surface area contributed by atoms with E-state index in [0.717, 1.165) is 19.6 Å². The summed E-state index contributed by atoms with van der Waals surface area (Å²) in [6, 6.07) is 23.8. The molecule has 0 radical (unpaired) electrons. The fourth-order valence-corrected chi connectivity index (χ4v) is 3.78. The fraction of sp³-hybridized carbons (Fsp3) is 0.273. The number of hydrogen-bond acceptors (Lipinski definition) is 2. The summed E-state index contributed by atoms with van der Waals surface area (Å²) < 4.78 is 0. The Morgan fingerprint density at radius 3 is 1.92 bits per heavy atom. The highest BCUT2D eigenvalue weighted by atomic mass is 32.1. The van der Waals surface area contributed by atoms with Crippen LogP contribution < -0.4 is 0 Å². The third kappa shape index (κ3) is 5.05. The minimum Gasteiger partial charge on any atom is -0.295 e. The van der Waals surface area contributed by atoms with E-state index >= 15 is 0 Å². The Kier molecular flexibility index (Phi) is 6.22. The lowest BCUT2D eigenvalue weighted by Gasteiger charge is -2.24. The fourth-order valence-electron chi connectivity index (χ4n) is 3.00. The highest BCUT2D eigenvalue weighted by Crippen LogP contribution is 2.22. The highest BCUT2D eigenvalue weighted by Gasteiger charge is 2.11. The van der Waals surface area contributed by atoms with Crippen molar-refractivity contribution in [3.8, 4) is 0 Å². The molecule has 0 spiro atoms. The van der Waals surface area contributed by atoms with E-state index in [1.165, 1.54) is 23.1 Å². The van der Waals surface area contributed by atoms with E-state index in [4.69, 9.17) is 0 Å². The van der Waals surface area contributed by atoms with Crippen molar-refractivity contribution in [2.75, 3.05) is 6.54 Å². The first-order chi connectivity index (χ1) is 11.8.